The van der Waals surface area contributed by atoms with E-state index in [1.165, 1.54) is 17.2 Å². The number of carbonyl (C=O) groups is 1. The van der Waals surface area contributed by atoms with E-state index >= 15 is 0 Å². The first kappa shape index (κ1) is 21.1. The van der Waals surface area contributed by atoms with Crippen LogP contribution >= 0.6 is 0 Å². The Bertz CT molecular complexity index is 1210. The van der Waals surface area contributed by atoms with Gasteiger partial charge in [0, 0.05) is 31.1 Å². The summed E-state index contributed by atoms with van der Waals surface area (Å²) in [7, 11) is 0. The lowest BCUT2D eigenvalue weighted by atomic mass is 10.0. The van der Waals surface area contributed by atoms with Crippen molar-refractivity contribution in [2.45, 2.75) is 31.2 Å². The Morgan fingerprint density at radius 3 is 2.58 bits per heavy atom. The van der Waals surface area contributed by atoms with E-state index in [0.717, 1.165) is 37.9 Å². The number of hydrogen-bond donors (Lipinski definition) is 2. The van der Waals surface area contributed by atoms with Gasteiger partial charge in [0.2, 0.25) is 0 Å². The highest BCUT2D eigenvalue weighted by molar-refractivity contribution is 5.75. The average Bonchev–Trinajstić information content (AvgIpc) is 3.59. The summed E-state index contributed by atoms with van der Waals surface area (Å²) in [6, 6.07) is 23.3. The second-order valence-corrected chi connectivity index (χ2v) is 8.65. The molecule has 1 saturated heterocycles. The Kier molecular flexibility index (Phi) is 5.98. The summed E-state index contributed by atoms with van der Waals surface area (Å²) in [6.07, 6.45) is 4.90. The Morgan fingerprint density at radius 2 is 1.79 bits per heavy atom. The van der Waals surface area contributed by atoms with E-state index in [1.54, 1.807) is 12.1 Å². The van der Waals surface area contributed by atoms with Crippen molar-refractivity contribution in [3.63, 3.8) is 0 Å². The number of nitrogens with one attached hydrogen (secondary N) is 2. The summed E-state index contributed by atoms with van der Waals surface area (Å²) in [5, 5.41) is 3.20. The van der Waals surface area contributed by atoms with E-state index in [4.69, 9.17) is 4.74 Å². The van der Waals surface area contributed by atoms with Crippen molar-refractivity contribution < 1.29 is 9.53 Å². The first-order chi connectivity index (χ1) is 16.1. The minimum Gasteiger partial charge on any atom is -0.441 e. The van der Waals surface area contributed by atoms with Gasteiger partial charge in [0.25, 0.3) is 5.56 Å². The number of hydrogen-bond acceptors (Lipinski definition) is 3. The van der Waals surface area contributed by atoms with E-state index in [9.17, 15) is 9.59 Å². The van der Waals surface area contributed by atoms with Crippen molar-refractivity contribution in [3.8, 4) is 11.6 Å². The minimum absolute atomic E-state index is 0.0460. The number of pyridine rings is 1. The molecule has 6 heteroatoms. The van der Waals surface area contributed by atoms with E-state index in [2.05, 4.69) is 40.6 Å². The van der Waals surface area contributed by atoms with Gasteiger partial charge >= 0.3 is 6.03 Å². The van der Waals surface area contributed by atoms with Crippen molar-refractivity contribution in [2.75, 3.05) is 13.1 Å². The first-order valence-electron chi connectivity index (χ1n) is 11.4. The zero-order valence-electron chi connectivity index (χ0n) is 18.4. The van der Waals surface area contributed by atoms with Crippen LogP contribution in [0.1, 0.15) is 36.3 Å². The number of piperidine rings is 1. The largest absolute Gasteiger partial charge is 0.441 e. The molecule has 2 aromatic carbocycles. The Hall–Kier alpha value is -3.80. The number of amides is 2. The second kappa shape index (κ2) is 9.36. The molecule has 2 amide bonds. The monoisotopic (exact) mass is 441 g/mol. The maximum atomic E-state index is 12.7. The highest BCUT2D eigenvalue weighted by Crippen LogP contribution is 2.40. The van der Waals surface area contributed by atoms with Crippen LogP contribution in [0, 0.1) is 0 Å². The van der Waals surface area contributed by atoms with Crippen molar-refractivity contribution in [1.82, 2.24) is 15.2 Å². The predicted octanol–water partition coefficient (Wildman–Crippen LogP) is 4.91. The molecule has 0 bridgehead atoms. The Labute approximate surface area is 192 Å². The lowest BCUT2D eigenvalue weighted by Gasteiger charge is -2.28. The fourth-order valence-corrected chi connectivity index (χ4v) is 4.33. The molecule has 1 unspecified atom stereocenters. The number of likely N-dealkylation sites (tertiary alicyclic amines) is 1. The molecule has 5 rings (SSSR count). The summed E-state index contributed by atoms with van der Waals surface area (Å²) in [5.41, 5.74) is 3.47. The SMILES string of the molecule is O=C(N[C@@H]1CC1c1ccccc1)N1CCC(=Cc2cccc(Oc3cccc(=O)[nH]3)c2)CC1. The lowest BCUT2D eigenvalue weighted by Crippen LogP contribution is -2.44. The van der Waals surface area contributed by atoms with E-state index in [0.29, 0.717) is 17.5 Å². The van der Waals surface area contributed by atoms with Crippen LogP contribution < -0.4 is 15.6 Å². The number of aromatic nitrogens is 1. The fraction of sp³-hybridized carbons (Fsp3) is 0.259. The molecular formula is C27H27N3O3. The van der Waals surface area contributed by atoms with Gasteiger partial charge in [-0.2, -0.15) is 0 Å². The van der Waals surface area contributed by atoms with E-state index < -0.39 is 0 Å². The van der Waals surface area contributed by atoms with Gasteiger partial charge in [-0.1, -0.05) is 60.2 Å². The Balaban J connectivity index is 1.14. The molecule has 6 nitrogen and oxygen atoms in total. The molecule has 168 valence electrons. The third-order valence-electron chi connectivity index (χ3n) is 6.22. The van der Waals surface area contributed by atoms with Gasteiger partial charge in [-0.25, -0.2) is 4.79 Å². The standard InChI is InChI=1S/C27H27N3O3/c31-25-10-5-11-26(29-25)33-22-9-4-6-20(17-22)16-19-12-14-30(15-13-19)27(32)28-24-18-23(24)21-7-2-1-3-8-21/h1-11,16-17,23-24H,12-15,18H2,(H,28,32)(H,29,31)/t23?,24-/m1/s1. The number of aromatic amines is 1. The zero-order valence-corrected chi connectivity index (χ0v) is 18.4. The molecule has 3 aromatic rings. The molecule has 1 aliphatic carbocycles. The first-order valence-corrected chi connectivity index (χ1v) is 11.4. The van der Waals surface area contributed by atoms with Crippen LogP contribution in [0.4, 0.5) is 4.79 Å². The average molecular weight is 442 g/mol. The normalized spacial score (nSPS) is 19.6. The molecule has 1 aliphatic heterocycles. The van der Waals surface area contributed by atoms with Gasteiger partial charge in [-0.3, -0.25) is 9.78 Å². The highest BCUT2D eigenvalue weighted by Gasteiger charge is 2.40. The van der Waals surface area contributed by atoms with Crippen LogP contribution in [-0.4, -0.2) is 35.0 Å². The maximum absolute atomic E-state index is 12.7. The van der Waals surface area contributed by atoms with Gasteiger partial charge in [0.1, 0.15) is 5.75 Å². The number of carbonyl (C=O) groups excluding carboxylic acids is 1. The van der Waals surface area contributed by atoms with Crippen LogP contribution in [-0.2, 0) is 0 Å². The molecule has 33 heavy (non-hydrogen) atoms. The number of benzene rings is 2. The van der Waals surface area contributed by atoms with Crippen molar-refractivity contribution in [2.24, 2.45) is 0 Å². The van der Waals surface area contributed by atoms with Gasteiger partial charge in [0.15, 0.2) is 5.88 Å². The summed E-state index contributed by atoms with van der Waals surface area (Å²) >= 11 is 0. The molecule has 0 radical (unpaired) electrons. The molecule has 1 saturated carbocycles. The molecular weight excluding hydrogens is 414 g/mol. The number of H-pyrrole nitrogens is 1. The van der Waals surface area contributed by atoms with Crippen molar-refractivity contribution in [3.05, 3.63) is 99.9 Å². The van der Waals surface area contributed by atoms with Gasteiger partial charge < -0.3 is 15.0 Å². The second-order valence-electron chi connectivity index (χ2n) is 8.65. The third-order valence-corrected chi connectivity index (χ3v) is 6.22. The number of ether oxygens (including phenoxy) is 1. The summed E-state index contributed by atoms with van der Waals surface area (Å²) in [6.45, 7) is 1.45. The van der Waals surface area contributed by atoms with E-state index in [-0.39, 0.29) is 17.6 Å². The van der Waals surface area contributed by atoms with Gasteiger partial charge in [0.05, 0.1) is 0 Å². The smallest absolute Gasteiger partial charge is 0.317 e. The lowest BCUT2D eigenvalue weighted by molar-refractivity contribution is 0.193. The zero-order chi connectivity index (χ0) is 22.6. The molecule has 2 fully saturated rings. The van der Waals surface area contributed by atoms with Crippen LogP contribution in [0.25, 0.3) is 6.08 Å². The highest BCUT2D eigenvalue weighted by atomic mass is 16.5. The van der Waals surface area contributed by atoms with Gasteiger partial charge in [-0.05, 0) is 48.6 Å². The predicted molar refractivity (Wildman–Crippen MR) is 128 cm³/mol. The molecule has 2 aliphatic rings. The summed E-state index contributed by atoms with van der Waals surface area (Å²) in [5.74, 6) is 1.52. The van der Waals surface area contributed by atoms with Crippen LogP contribution in [0.5, 0.6) is 11.6 Å². The van der Waals surface area contributed by atoms with Gasteiger partial charge in [-0.15, -0.1) is 0 Å². The quantitative estimate of drug-likeness (QED) is 0.591. The molecule has 2 N–H and O–H groups in total. The summed E-state index contributed by atoms with van der Waals surface area (Å²) in [4.78, 5) is 28.7. The number of rotatable bonds is 5. The third kappa shape index (κ3) is 5.34. The molecule has 2 atom stereocenters. The fourth-order valence-electron chi connectivity index (χ4n) is 4.33. The minimum atomic E-state index is -0.196. The molecule has 1 aromatic heterocycles. The van der Waals surface area contributed by atoms with Crippen molar-refractivity contribution >= 4 is 12.1 Å². The molecule has 2 heterocycles. The van der Waals surface area contributed by atoms with Crippen LogP contribution in [0.2, 0.25) is 0 Å². The Morgan fingerprint density at radius 1 is 1.00 bits per heavy atom. The topological polar surface area (TPSA) is 74.4 Å². The van der Waals surface area contributed by atoms with E-state index in [1.807, 2.05) is 35.2 Å². The molecule has 0 spiro atoms. The van der Waals surface area contributed by atoms with Crippen molar-refractivity contribution in [1.29, 1.82) is 0 Å². The maximum Gasteiger partial charge on any atom is 0.317 e. The summed E-state index contributed by atoms with van der Waals surface area (Å²) < 4.78 is 5.77. The number of urea groups is 1. The van der Waals surface area contributed by atoms with Crippen LogP contribution in [0.3, 0.4) is 0 Å². The number of nitrogens with zero attached hydrogens (tertiary/aromatic N) is 1. The van der Waals surface area contributed by atoms with Crippen LogP contribution in [0.15, 0.2) is 83.2 Å².